The SMILES string of the molecule is CP(C)(=O)c1ccnc(CN)c1.Cl.Cl. The Balaban J connectivity index is 0. The molecule has 3 nitrogen and oxygen atoms in total. The van der Waals surface area contributed by atoms with Crippen LogP contribution in [0.1, 0.15) is 5.69 Å². The van der Waals surface area contributed by atoms with Gasteiger partial charge in [0, 0.05) is 18.0 Å². The molecule has 0 unspecified atom stereocenters. The number of hydrogen-bond acceptors (Lipinski definition) is 3. The highest BCUT2D eigenvalue weighted by Crippen LogP contribution is 2.34. The van der Waals surface area contributed by atoms with Gasteiger partial charge in [0.05, 0.1) is 5.69 Å². The minimum Gasteiger partial charge on any atom is -0.325 e. The molecule has 2 N–H and O–H groups in total. The number of nitrogens with zero attached hydrogens (tertiary/aromatic N) is 1. The molecule has 0 fully saturated rings. The number of aromatic nitrogens is 1. The van der Waals surface area contributed by atoms with E-state index in [4.69, 9.17) is 5.73 Å². The van der Waals surface area contributed by atoms with Crippen molar-refractivity contribution in [3.8, 4) is 0 Å². The van der Waals surface area contributed by atoms with Crippen molar-refractivity contribution in [3.63, 3.8) is 0 Å². The average molecular weight is 257 g/mol. The van der Waals surface area contributed by atoms with Crippen molar-refractivity contribution >= 4 is 37.3 Å². The molecule has 0 atom stereocenters. The van der Waals surface area contributed by atoms with Crippen LogP contribution in [0.25, 0.3) is 0 Å². The Morgan fingerprint density at radius 2 is 2.00 bits per heavy atom. The molecule has 1 aromatic rings. The predicted molar refractivity (Wildman–Crippen MR) is 65.7 cm³/mol. The van der Waals surface area contributed by atoms with E-state index < -0.39 is 7.14 Å². The summed E-state index contributed by atoms with van der Waals surface area (Å²) in [6.45, 7) is 3.87. The molecule has 0 spiro atoms. The van der Waals surface area contributed by atoms with Crippen LogP contribution in [0, 0.1) is 0 Å². The van der Waals surface area contributed by atoms with Gasteiger partial charge in [0.25, 0.3) is 0 Å². The van der Waals surface area contributed by atoms with Gasteiger partial charge in [-0.05, 0) is 25.5 Å². The molecule has 0 saturated carbocycles. The summed E-state index contributed by atoms with van der Waals surface area (Å²) in [5.41, 5.74) is 6.20. The van der Waals surface area contributed by atoms with E-state index in [1.165, 1.54) is 0 Å². The highest BCUT2D eigenvalue weighted by atomic mass is 35.5. The van der Waals surface area contributed by atoms with Crippen LogP contribution in [-0.2, 0) is 11.1 Å². The maximum absolute atomic E-state index is 11.6. The van der Waals surface area contributed by atoms with Gasteiger partial charge in [-0.3, -0.25) is 4.98 Å². The minimum atomic E-state index is -2.15. The van der Waals surface area contributed by atoms with Crippen molar-refractivity contribution in [1.29, 1.82) is 0 Å². The van der Waals surface area contributed by atoms with Crippen molar-refractivity contribution in [2.75, 3.05) is 13.3 Å². The van der Waals surface area contributed by atoms with Crippen molar-refractivity contribution in [2.24, 2.45) is 5.73 Å². The Hall–Kier alpha value is -0.0800. The Bertz CT molecular complexity index is 327. The van der Waals surface area contributed by atoms with Crippen LogP contribution < -0.4 is 11.0 Å². The van der Waals surface area contributed by atoms with Crippen LogP contribution in [0.5, 0.6) is 0 Å². The highest BCUT2D eigenvalue weighted by Gasteiger charge is 2.10. The highest BCUT2D eigenvalue weighted by molar-refractivity contribution is 7.70. The van der Waals surface area contributed by atoms with Crippen molar-refractivity contribution in [2.45, 2.75) is 6.54 Å². The quantitative estimate of drug-likeness (QED) is 0.819. The summed E-state index contributed by atoms with van der Waals surface area (Å²) < 4.78 is 11.6. The van der Waals surface area contributed by atoms with Gasteiger partial charge < -0.3 is 10.3 Å². The number of hydrogen-bond donors (Lipinski definition) is 1. The number of pyridine rings is 1. The predicted octanol–water partition coefficient (Wildman–Crippen LogP) is 1.63. The van der Waals surface area contributed by atoms with Crippen LogP contribution in [0.2, 0.25) is 0 Å². The fourth-order valence-electron chi connectivity index (χ4n) is 0.912. The first-order chi connectivity index (χ1) is 5.54. The maximum atomic E-state index is 11.6. The van der Waals surface area contributed by atoms with Gasteiger partial charge in [-0.25, -0.2) is 0 Å². The molecular weight excluding hydrogens is 242 g/mol. The van der Waals surface area contributed by atoms with Crippen LogP contribution in [-0.4, -0.2) is 18.3 Å². The second-order valence-electron chi connectivity index (χ2n) is 3.06. The third-order valence-corrected chi connectivity index (χ3v) is 3.15. The number of rotatable bonds is 2. The van der Waals surface area contributed by atoms with E-state index in [0.717, 1.165) is 11.0 Å². The molecule has 1 heterocycles. The van der Waals surface area contributed by atoms with Crippen LogP contribution in [0.15, 0.2) is 18.3 Å². The van der Waals surface area contributed by atoms with Gasteiger partial charge in [0.1, 0.15) is 7.14 Å². The van der Waals surface area contributed by atoms with E-state index in [-0.39, 0.29) is 24.8 Å². The standard InChI is InChI=1S/C8H13N2OP.2ClH/c1-12(2,11)8-3-4-10-7(5-8)6-9;;/h3-5H,6,9H2,1-2H3;2*1H. The third kappa shape index (κ3) is 4.43. The lowest BCUT2D eigenvalue weighted by Gasteiger charge is -2.06. The largest absolute Gasteiger partial charge is 0.325 e. The number of nitrogens with two attached hydrogens (primary N) is 1. The molecule has 1 aromatic heterocycles. The molecule has 82 valence electrons. The van der Waals surface area contributed by atoms with Crippen LogP contribution in [0.4, 0.5) is 0 Å². The number of halogens is 2. The van der Waals surface area contributed by atoms with Gasteiger partial charge in [0.15, 0.2) is 0 Å². The fraction of sp³-hybridized carbons (Fsp3) is 0.375. The zero-order chi connectivity index (χ0) is 9.19. The van der Waals surface area contributed by atoms with Gasteiger partial charge in [-0.2, -0.15) is 0 Å². The van der Waals surface area contributed by atoms with E-state index >= 15 is 0 Å². The average Bonchev–Trinajstić information content (AvgIpc) is 2.03. The Morgan fingerprint density at radius 3 is 2.43 bits per heavy atom. The summed E-state index contributed by atoms with van der Waals surface area (Å²) in [4.78, 5) is 4.03. The van der Waals surface area contributed by atoms with Gasteiger partial charge in [0.2, 0.25) is 0 Å². The lowest BCUT2D eigenvalue weighted by molar-refractivity contribution is 0.588. The molecule has 1 rings (SSSR count). The maximum Gasteiger partial charge on any atom is 0.109 e. The molecule has 0 aliphatic heterocycles. The van der Waals surface area contributed by atoms with E-state index in [1.54, 1.807) is 31.7 Å². The molecule has 0 bridgehead atoms. The van der Waals surface area contributed by atoms with Crippen molar-refractivity contribution in [1.82, 2.24) is 4.98 Å². The van der Waals surface area contributed by atoms with Crippen molar-refractivity contribution in [3.05, 3.63) is 24.0 Å². The molecule has 6 heteroatoms. The Labute approximate surface area is 96.7 Å². The molecule has 0 radical (unpaired) electrons. The van der Waals surface area contributed by atoms with Gasteiger partial charge >= 0.3 is 0 Å². The zero-order valence-electron chi connectivity index (χ0n) is 8.14. The molecule has 0 amide bonds. The molecule has 0 saturated heterocycles. The van der Waals surface area contributed by atoms with Gasteiger partial charge in [-0.1, -0.05) is 0 Å². The summed E-state index contributed by atoms with van der Waals surface area (Å²) in [5, 5.41) is 0.845. The molecule has 14 heavy (non-hydrogen) atoms. The van der Waals surface area contributed by atoms with E-state index in [1.807, 2.05) is 0 Å². The van der Waals surface area contributed by atoms with Crippen LogP contribution >= 0.6 is 32.0 Å². The second-order valence-corrected chi connectivity index (χ2v) is 6.28. The molecule has 0 aliphatic carbocycles. The van der Waals surface area contributed by atoms with Crippen LogP contribution in [0.3, 0.4) is 0 Å². The second kappa shape index (κ2) is 6.41. The first kappa shape index (κ1) is 16.4. The van der Waals surface area contributed by atoms with Gasteiger partial charge in [-0.15, -0.1) is 24.8 Å². The summed E-state index contributed by atoms with van der Waals surface area (Å²) in [6.07, 6.45) is 1.65. The summed E-state index contributed by atoms with van der Waals surface area (Å²) in [5.74, 6) is 0. The minimum absolute atomic E-state index is 0. The fourth-order valence-corrected chi connectivity index (χ4v) is 1.80. The molecule has 0 aliphatic rings. The smallest absolute Gasteiger partial charge is 0.109 e. The normalized spacial score (nSPS) is 9.93. The van der Waals surface area contributed by atoms with E-state index in [2.05, 4.69) is 4.98 Å². The zero-order valence-corrected chi connectivity index (χ0v) is 10.7. The first-order valence-corrected chi connectivity index (χ1v) is 6.34. The van der Waals surface area contributed by atoms with E-state index in [0.29, 0.717) is 6.54 Å². The van der Waals surface area contributed by atoms with Crippen molar-refractivity contribution < 1.29 is 4.57 Å². The monoisotopic (exact) mass is 256 g/mol. The summed E-state index contributed by atoms with van der Waals surface area (Å²) >= 11 is 0. The summed E-state index contributed by atoms with van der Waals surface area (Å²) in [6, 6.07) is 3.58. The molecule has 0 aromatic carbocycles. The first-order valence-electron chi connectivity index (χ1n) is 3.74. The Kier molecular flexibility index (Phi) is 7.49. The lowest BCUT2D eigenvalue weighted by Crippen LogP contribution is -2.08. The summed E-state index contributed by atoms with van der Waals surface area (Å²) in [7, 11) is -2.15. The Morgan fingerprint density at radius 1 is 1.43 bits per heavy atom. The molecular formula is C8H15Cl2N2OP. The van der Waals surface area contributed by atoms with E-state index in [9.17, 15) is 4.57 Å². The third-order valence-electron chi connectivity index (χ3n) is 1.63. The lowest BCUT2D eigenvalue weighted by atomic mass is 10.3. The topological polar surface area (TPSA) is 56.0 Å².